The molecule has 0 bridgehead atoms. The number of nitrogens with zero attached hydrogens (tertiary/aromatic N) is 2. The lowest BCUT2D eigenvalue weighted by Gasteiger charge is -2.32. The van der Waals surface area contributed by atoms with E-state index in [0.717, 1.165) is 4.31 Å². The predicted octanol–water partition coefficient (Wildman–Crippen LogP) is 6.05. The van der Waals surface area contributed by atoms with E-state index in [-0.39, 0.29) is 28.8 Å². The molecule has 0 radical (unpaired) electrons. The van der Waals surface area contributed by atoms with E-state index in [2.05, 4.69) is 5.32 Å². The second kappa shape index (κ2) is 15.0. The van der Waals surface area contributed by atoms with Crippen molar-refractivity contribution >= 4 is 62.3 Å². The number of carbonyl (C=O) groups excluding carboxylic acids is 2. The molecular weight excluding hydrogens is 637 g/mol. The molecule has 0 spiro atoms. The van der Waals surface area contributed by atoms with Crippen molar-refractivity contribution < 1.29 is 27.5 Å². The van der Waals surface area contributed by atoms with Crippen molar-refractivity contribution in [3.05, 3.63) is 81.3 Å². The molecule has 0 aliphatic heterocycles. The Morgan fingerprint density at radius 2 is 1.49 bits per heavy atom. The fourth-order valence-corrected chi connectivity index (χ4v) is 6.13. The number of benzene rings is 3. The van der Waals surface area contributed by atoms with E-state index in [1.54, 1.807) is 19.1 Å². The monoisotopic (exact) mass is 669 g/mol. The van der Waals surface area contributed by atoms with Gasteiger partial charge in [0, 0.05) is 34.2 Å². The van der Waals surface area contributed by atoms with E-state index in [1.807, 2.05) is 13.8 Å². The maximum absolute atomic E-state index is 14.1. The van der Waals surface area contributed by atoms with Crippen LogP contribution in [0.5, 0.6) is 11.5 Å². The van der Waals surface area contributed by atoms with Crippen molar-refractivity contribution in [3.8, 4) is 11.5 Å². The zero-order valence-corrected chi connectivity index (χ0v) is 27.5. The maximum Gasteiger partial charge on any atom is 0.264 e. The Morgan fingerprint density at radius 3 is 2.07 bits per heavy atom. The van der Waals surface area contributed by atoms with Gasteiger partial charge in [0.1, 0.15) is 12.6 Å². The van der Waals surface area contributed by atoms with E-state index < -0.39 is 34.4 Å². The number of amides is 2. The smallest absolute Gasteiger partial charge is 0.264 e. The molecule has 232 valence electrons. The van der Waals surface area contributed by atoms with E-state index in [0.29, 0.717) is 32.9 Å². The fourth-order valence-electron chi connectivity index (χ4n) is 4.11. The molecule has 3 rings (SSSR count). The zero-order valence-electron chi connectivity index (χ0n) is 24.4. The summed E-state index contributed by atoms with van der Waals surface area (Å²) in [6.45, 7) is 5.17. The highest BCUT2D eigenvalue weighted by Crippen LogP contribution is 2.33. The molecule has 13 heteroatoms. The van der Waals surface area contributed by atoms with Gasteiger partial charge in [-0.3, -0.25) is 13.9 Å². The Kier molecular flexibility index (Phi) is 12.0. The first-order valence-corrected chi connectivity index (χ1v) is 15.9. The number of methoxy groups -OCH3 is 2. The van der Waals surface area contributed by atoms with Crippen LogP contribution in [0, 0.1) is 5.92 Å². The number of halogens is 3. The van der Waals surface area contributed by atoms with Gasteiger partial charge in [0.05, 0.1) is 24.8 Å². The third kappa shape index (κ3) is 8.69. The standard InChI is InChI=1S/C30H34Cl3N3O6S/c1-19(2)16-34-30(38)20(3)35(17-21-6-7-23(32)14-26(21)33)29(37)18-36(24-10-8-22(31)9-11-24)43(39,40)25-12-13-27(41-4)28(15-25)42-5/h6-15,19-20H,16-18H2,1-5H3,(H,34,38)/t20-/m0/s1. The minimum Gasteiger partial charge on any atom is -0.493 e. The van der Waals surface area contributed by atoms with E-state index >= 15 is 0 Å². The first-order chi connectivity index (χ1) is 20.3. The Bertz CT molecular complexity index is 1550. The normalized spacial score (nSPS) is 12.0. The Hall–Kier alpha value is -3.18. The average molecular weight is 671 g/mol. The van der Waals surface area contributed by atoms with Crippen LogP contribution in [-0.4, -0.2) is 58.5 Å². The van der Waals surface area contributed by atoms with Gasteiger partial charge in [-0.1, -0.05) is 54.7 Å². The molecule has 2 amide bonds. The number of hydrogen-bond acceptors (Lipinski definition) is 6. The van der Waals surface area contributed by atoms with E-state index in [9.17, 15) is 18.0 Å². The number of nitrogens with one attached hydrogen (secondary N) is 1. The van der Waals surface area contributed by atoms with Crippen molar-refractivity contribution in [2.24, 2.45) is 5.92 Å². The molecule has 0 saturated heterocycles. The lowest BCUT2D eigenvalue weighted by atomic mass is 10.1. The van der Waals surface area contributed by atoms with E-state index in [1.165, 1.54) is 67.7 Å². The number of rotatable bonds is 13. The number of carbonyl (C=O) groups is 2. The molecular formula is C30H34Cl3N3O6S. The first-order valence-electron chi connectivity index (χ1n) is 13.3. The van der Waals surface area contributed by atoms with Crippen LogP contribution in [0.1, 0.15) is 26.3 Å². The Balaban J connectivity index is 2.07. The summed E-state index contributed by atoms with van der Waals surface area (Å²) >= 11 is 18.6. The molecule has 3 aromatic carbocycles. The van der Waals surface area contributed by atoms with Gasteiger partial charge < -0.3 is 19.7 Å². The summed E-state index contributed by atoms with van der Waals surface area (Å²) in [4.78, 5) is 28.3. The highest BCUT2D eigenvalue weighted by Gasteiger charge is 2.33. The lowest BCUT2D eigenvalue weighted by Crippen LogP contribution is -2.51. The third-order valence-corrected chi connectivity index (χ3v) is 9.15. The van der Waals surface area contributed by atoms with Crippen LogP contribution in [0.4, 0.5) is 5.69 Å². The van der Waals surface area contributed by atoms with Crippen molar-refractivity contribution in [1.29, 1.82) is 0 Å². The molecule has 0 aliphatic rings. The largest absolute Gasteiger partial charge is 0.493 e. The van der Waals surface area contributed by atoms with Gasteiger partial charge in [-0.2, -0.15) is 0 Å². The molecule has 0 aliphatic carbocycles. The number of hydrogen-bond donors (Lipinski definition) is 1. The van der Waals surface area contributed by atoms with Gasteiger partial charge in [0.2, 0.25) is 11.8 Å². The fraction of sp³-hybridized carbons (Fsp3) is 0.333. The Labute approximate surface area is 267 Å². The number of sulfonamides is 1. The van der Waals surface area contributed by atoms with Crippen LogP contribution in [0.25, 0.3) is 0 Å². The highest BCUT2D eigenvalue weighted by atomic mass is 35.5. The first kappa shape index (κ1) is 34.3. The van der Waals surface area contributed by atoms with Gasteiger partial charge in [-0.25, -0.2) is 8.42 Å². The van der Waals surface area contributed by atoms with Gasteiger partial charge in [-0.05, 0) is 66.9 Å². The van der Waals surface area contributed by atoms with Crippen LogP contribution >= 0.6 is 34.8 Å². The molecule has 0 aromatic heterocycles. The lowest BCUT2D eigenvalue weighted by molar-refractivity contribution is -0.139. The van der Waals surface area contributed by atoms with Crippen LogP contribution in [0.15, 0.2) is 65.6 Å². The average Bonchev–Trinajstić information content (AvgIpc) is 2.97. The summed E-state index contributed by atoms with van der Waals surface area (Å²) in [5, 5.41) is 3.93. The summed E-state index contributed by atoms with van der Waals surface area (Å²) in [5.41, 5.74) is 0.720. The molecule has 3 aromatic rings. The van der Waals surface area contributed by atoms with Crippen LogP contribution in [0.2, 0.25) is 15.1 Å². The summed E-state index contributed by atoms with van der Waals surface area (Å²) in [6, 6.07) is 14.0. The minimum absolute atomic E-state index is 0.0734. The van der Waals surface area contributed by atoms with E-state index in [4.69, 9.17) is 44.3 Å². The van der Waals surface area contributed by atoms with Gasteiger partial charge >= 0.3 is 0 Å². The number of ether oxygens (including phenoxy) is 2. The van der Waals surface area contributed by atoms with Crippen LogP contribution in [0.3, 0.4) is 0 Å². The van der Waals surface area contributed by atoms with Crippen molar-refractivity contribution in [2.45, 2.75) is 38.3 Å². The van der Waals surface area contributed by atoms with Gasteiger partial charge in [0.15, 0.2) is 11.5 Å². The molecule has 0 heterocycles. The van der Waals surface area contributed by atoms with Crippen LogP contribution < -0.4 is 19.1 Å². The van der Waals surface area contributed by atoms with Crippen molar-refractivity contribution in [3.63, 3.8) is 0 Å². The molecule has 0 unspecified atom stereocenters. The zero-order chi connectivity index (χ0) is 31.9. The second-order valence-electron chi connectivity index (χ2n) is 10.1. The third-order valence-electron chi connectivity index (χ3n) is 6.54. The second-order valence-corrected chi connectivity index (χ2v) is 13.2. The molecule has 43 heavy (non-hydrogen) atoms. The molecule has 0 fully saturated rings. The van der Waals surface area contributed by atoms with Gasteiger partial charge in [0.25, 0.3) is 10.0 Å². The molecule has 0 saturated carbocycles. The minimum atomic E-state index is -4.34. The Morgan fingerprint density at radius 1 is 0.860 bits per heavy atom. The van der Waals surface area contributed by atoms with Gasteiger partial charge in [-0.15, -0.1) is 0 Å². The highest BCUT2D eigenvalue weighted by molar-refractivity contribution is 7.92. The molecule has 1 N–H and O–H groups in total. The summed E-state index contributed by atoms with van der Waals surface area (Å²) < 4.78 is 39.7. The van der Waals surface area contributed by atoms with Crippen molar-refractivity contribution in [1.82, 2.24) is 10.2 Å². The maximum atomic E-state index is 14.1. The summed E-state index contributed by atoms with van der Waals surface area (Å²) in [5.74, 6) is -0.327. The quantitative estimate of drug-likeness (QED) is 0.238. The SMILES string of the molecule is COc1ccc(S(=O)(=O)N(CC(=O)N(Cc2ccc(Cl)cc2Cl)[C@@H](C)C(=O)NCC(C)C)c2ccc(Cl)cc2)cc1OC. The predicted molar refractivity (Wildman–Crippen MR) is 170 cm³/mol. The van der Waals surface area contributed by atoms with Crippen molar-refractivity contribution in [2.75, 3.05) is 31.6 Å². The number of anilines is 1. The molecule has 9 nitrogen and oxygen atoms in total. The summed E-state index contributed by atoms with van der Waals surface area (Å²) in [6.07, 6.45) is 0. The molecule has 1 atom stereocenters. The summed E-state index contributed by atoms with van der Waals surface area (Å²) in [7, 11) is -1.52. The van der Waals surface area contributed by atoms with Crippen LogP contribution in [-0.2, 0) is 26.2 Å². The topological polar surface area (TPSA) is 105 Å².